The molecule has 7 heteroatoms. The van der Waals surface area contributed by atoms with Gasteiger partial charge in [0, 0.05) is 13.1 Å². The van der Waals surface area contributed by atoms with Gasteiger partial charge in [0.2, 0.25) is 5.91 Å². The van der Waals surface area contributed by atoms with Crippen LogP contribution >= 0.6 is 11.6 Å². The van der Waals surface area contributed by atoms with Crippen molar-refractivity contribution in [2.75, 3.05) is 26.3 Å². The molecule has 1 amide bonds. The zero-order valence-corrected chi connectivity index (χ0v) is 10.6. The van der Waals surface area contributed by atoms with Gasteiger partial charge >= 0.3 is 0 Å². The number of hydrogen-bond donors (Lipinski definition) is 0. The van der Waals surface area contributed by atoms with Crippen LogP contribution in [0.25, 0.3) is 0 Å². The molecule has 0 aliphatic carbocycles. The van der Waals surface area contributed by atoms with E-state index in [1.54, 1.807) is 0 Å². The van der Waals surface area contributed by atoms with Gasteiger partial charge in [0.25, 0.3) is 0 Å². The van der Waals surface area contributed by atoms with Gasteiger partial charge in [0.1, 0.15) is 5.38 Å². The third kappa shape index (κ3) is 3.01. The fourth-order valence-electron chi connectivity index (χ4n) is 1.81. The maximum absolute atomic E-state index is 13.1. The summed E-state index contributed by atoms with van der Waals surface area (Å²) < 4.78 is 44.1. The highest BCUT2D eigenvalue weighted by Gasteiger charge is 2.27. The lowest BCUT2D eigenvalue weighted by Gasteiger charge is -2.28. The first-order valence-corrected chi connectivity index (χ1v) is 6.09. The molecule has 0 bridgehead atoms. The van der Waals surface area contributed by atoms with E-state index in [0.717, 1.165) is 12.1 Å². The molecule has 1 aromatic carbocycles. The molecule has 3 nitrogen and oxygen atoms in total. The van der Waals surface area contributed by atoms with Crippen LogP contribution < -0.4 is 0 Å². The number of carbonyl (C=O) groups excluding carboxylic acids is 1. The molecule has 0 spiro atoms. The summed E-state index contributed by atoms with van der Waals surface area (Å²) in [6, 6.07) is 1.46. The largest absolute Gasteiger partial charge is 0.378 e. The highest BCUT2D eigenvalue weighted by Crippen LogP contribution is 2.26. The van der Waals surface area contributed by atoms with Gasteiger partial charge < -0.3 is 9.64 Å². The van der Waals surface area contributed by atoms with Crippen molar-refractivity contribution in [3.8, 4) is 0 Å². The van der Waals surface area contributed by atoms with Crippen molar-refractivity contribution >= 4 is 17.5 Å². The summed E-state index contributed by atoms with van der Waals surface area (Å²) >= 11 is 5.90. The summed E-state index contributed by atoms with van der Waals surface area (Å²) in [5, 5.41) is -1.25. The van der Waals surface area contributed by atoms with E-state index < -0.39 is 28.7 Å². The van der Waals surface area contributed by atoms with Crippen LogP contribution in [0.1, 0.15) is 10.9 Å². The second-order valence-electron chi connectivity index (χ2n) is 4.10. The van der Waals surface area contributed by atoms with E-state index in [0.29, 0.717) is 26.3 Å². The highest BCUT2D eigenvalue weighted by atomic mass is 35.5. The molecular formula is C12H11ClF3NO2. The quantitative estimate of drug-likeness (QED) is 0.618. The topological polar surface area (TPSA) is 29.5 Å². The molecule has 1 aromatic rings. The second-order valence-corrected chi connectivity index (χ2v) is 4.54. The number of amides is 1. The van der Waals surface area contributed by atoms with E-state index in [4.69, 9.17) is 16.3 Å². The summed E-state index contributed by atoms with van der Waals surface area (Å²) in [4.78, 5) is 13.5. The van der Waals surface area contributed by atoms with Crippen molar-refractivity contribution < 1.29 is 22.7 Å². The Morgan fingerprint density at radius 2 is 1.74 bits per heavy atom. The van der Waals surface area contributed by atoms with Gasteiger partial charge in [-0.25, -0.2) is 13.2 Å². The second kappa shape index (κ2) is 5.79. The SMILES string of the molecule is O=C(C(Cl)c1cc(F)c(F)c(F)c1)N1CCOCC1. The minimum absolute atomic E-state index is 0.102. The molecule has 1 aliphatic heterocycles. The number of benzene rings is 1. The molecule has 1 aliphatic rings. The predicted molar refractivity (Wildman–Crippen MR) is 62.3 cm³/mol. The van der Waals surface area contributed by atoms with Gasteiger partial charge in [-0.15, -0.1) is 11.6 Å². The van der Waals surface area contributed by atoms with Gasteiger partial charge in [0.05, 0.1) is 13.2 Å². The predicted octanol–water partition coefficient (Wildman–Crippen LogP) is 2.24. The summed E-state index contributed by atoms with van der Waals surface area (Å²) in [6.07, 6.45) is 0. The van der Waals surface area contributed by atoms with Gasteiger partial charge in [0.15, 0.2) is 17.5 Å². The monoisotopic (exact) mass is 293 g/mol. The van der Waals surface area contributed by atoms with Crippen molar-refractivity contribution in [2.24, 2.45) is 0 Å². The number of morpholine rings is 1. The first kappa shape index (κ1) is 14.1. The van der Waals surface area contributed by atoms with E-state index in [-0.39, 0.29) is 5.56 Å². The van der Waals surface area contributed by atoms with Crippen LogP contribution in [0.2, 0.25) is 0 Å². The van der Waals surface area contributed by atoms with Gasteiger partial charge in [-0.05, 0) is 17.7 Å². The summed E-state index contributed by atoms with van der Waals surface area (Å²) in [5.74, 6) is -4.78. The summed E-state index contributed by atoms with van der Waals surface area (Å²) in [5.41, 5.74) is -0.102. The fraction of sp³-hybridized carbons (Fsp3) is 0.417. The molecule has 1 saturated heterocycles. The molecule has 1 unspecified atom stereocenters. The number of hydrogen-bond acceptors (Lipinski definition) is 2. The van der Waals surface area contributed by atoms with Crippen molar-refractivity contribution in [3.63, 3.8) is 0 Å². The number of halogens is 4. The van der Waals surface area contributed by atoms with E-state index >= 15 is 0 Å². The van der Waals surface area contributed by atoms with Crippen LogP contribution in [0, 0.1) is 17.5 Å². The maximum atomic E-state index is 13.1. The van der Waals surface area contributed by atoms with Crippen molar-refractivity contribution in [1.29, 1.82) is 0 Å². The lowest BCUT2D eigenvalue weighted by molar-refractivity contribution is -0.134. The maximum Gasteiger partial charge on any atom is 0.245 e. The summed E-state index contributed by atoms with van der Waals surface area (Å²) in [6.45, 7) is 1.52. The number of alkyl halides is 1. The average molecular weight is 294 g/mol. The van der Waals surface area contributed by atoms with E-state index in [2.05, 4.69) is 0 Å². The van der Waals surface area contributed by atoms with Crippen LogP contribution in [0.4, 0.5) is 13.2 Å². The molecule has 1 atom stereocenters. The number of nitrogens with zero attached hydrogens (tertiary/aromatic N) is 1. The Kier molecular flexibility index (Phi) is 4.31. The zero-order chi connectivity index (χ0) is 14.0. The van der Waals surface area contributed by atoms with Crippen LogP contribution in [-0.4, -0.2) is 37.1 Å². The molecule has 1 heterocycles. The van der Waals surface area contributed by atoms with Gasteiger partial charge in [-0.2, -0.15) is 0 Å². The van der Waals surface area contributed by atoms with Crippen LogP contribution in [0.15, 0.2) is 12.1 Å². The lowest BCUT2D eigenvalue weighted by atomic mass is 10.1. The Balaban J connectivity index is 2.18. The zero-order valence-electron chi connectivity index (χ0n) is 9.84. The standard InChI is InChI=1S/C12H11ClF3NO2/c13-10(12(18)17-1-3-19-4-2-17)7-5-8(14)11(16)9(15)6-7/h5-6,10H,1-4H2. The normalized spacial score (nSPS) is 17.4. The van der Waals surface area contributed by atoms with Crippen molar-refractivity contribution in [2.45, 2.75) is 5.38 Å². The minimum Gasteiger partial charge on any atom is -0.378 e. The third-order valence-electron chi connectivity index (χ3n) is 2.84. The smallest absolute Gasteiger partial charge is 0.245 e. The van der Waals surface area contributed by atoms with Crippen LogP contribution in [0.3, 0.4) is 0 Å². The molecule has 0 radical (unpaired) electrons. The number of rotatable bonds is 2. The first-order chi connectivity index (χ1) is 9.00. The van der Waals surface area contributed by atoms with Gasteiger partial charge in [-0.3, -0.25) is 4.79 Å². The minimum atomic E-state index is -1.58. The summed E-state index contributed by atoms with van der Waals surface area (Å²) in [7, 11) is 0. The van der Waals surface area contributed by atoms with E-state index in [1.165, 1.54) is 4.90 Å². The third-order valence-corrected chi connectivity index (χ3v) is 3.28. The molecule has 0 saturated carbocycles. The Labute approximate surface area is 112 Å². The lowest BCUT2D eigenvalue weighted by Crippen LogP contribution is -2.42. The Morgan fingerprint density at radius 1 is 1.21 bits per heavy atom. The molecule has 1 fully saturated rings. The number of carbonyl (C=O) groups is 1. The molecule has 0 aromatic heterocycles. The van der Waals surface area contributed by atoms with E-state index in [1.807, 2.05) is 0 Å². The first-order valence-electron chi connectivity index (χ1n) is 5.65. The average Bonchev–Trinajstić information content (AvgIpc) is 2.43. The van der Waals surface area contributed by atoms with Crippen LogP contribution in [0.5, 0.6) is 0 Å². The number of ether oxygens (including phenoxy) is 1. The highest BCUT2D eigenvalue weighted by molar-refractivity contribution is 6.30. The molecule has 19 heavy (non-hydrogen) atoms. The van der Waals surface area contributed by atoms with Crippen molar-refractivity contribution in [1.82, 2.24) is 4.90 Å². The molecule has 2 rings (SSSR count). The Bertz CT molecular complexity index is 469. The fourth-order valence-corrected chi connectivity index (χ4v) is 2.07. The van der Waals surface area contributed by atoms with Crippen molar-refractivity contribution in [3.05, 3.63) is 35.1 Å². The molecule has 104 valence electrons. The van der Waals surface area contributed by atoms with Crippen LogP contribution in [-0.2, 0) is 9.53 Å². The molecule has 0 N–H and O–H groups in total. The van der Waals surface area contributed by atoms with E-state index in [9.17, 15) is 18.0 Å². The Morgan fingerprint density at radius 3 is 2.26 bits per heavy atom. The van der Waals surface area contributed by atoms with Gasteiger partial charge in [-0.1, -0.05) is 0 Å². The Hall–Kier alpha value is -1.27. The molecular weight excluding hydrogens is 283 g/mol.